The molecule has 46 heavy (non-hydrogen) atoms. The lowest BCUT2D eigenvalue weighted by atomic mass is 10.0. The van der Waals surface area contributed by atoms with Crippen LogP contribution in [0.3, 0.4) is 0 Å². The number of alkyl carbamates (subject to hydrolysis) is 1. The van der Waals surface area contributed by atoms with Crippen LogP contribution in [0.4, 0.5) is 4.79 Å². The van der Waals surface area contributed by atoms with Gasteiger partial charge in [-0.05, 0) is 56.0 Å². The number of carbonyl (C=O) groups excluding carboxylic acids is 3. The summed E-state index contributed by atoms with van der Waals surface area (Å²) in [7, 11) is 2.05. The molecule has 10 nitrogen and oxygen atoms in total. The van der Waals surface area contributed by atoms with Crippen molar-refractivity contribution in [3.05, 3.63) is 113 Å². The summed E-state index contributed by atoms with van der Waals surface area (Å²) in [6.45, 7) is 6.93. The third kappa shape index (κ3) is 8.42. The molecule has 0 spiro atoms. The van der Waals surface area contributed by atoms with Crippen LogP contribution in [0.1, 0.15) is 43.6 Å². The Bertz CT molecular complexity index is 1520. The van der Waals surface area contributed by atoms with Crippen LogP contribution < -0.4 is 5.32 Å². The third-order valence-corrected chi connectivity index (χ3v) is 9.31. The van der Waals surface area contributed by atoms with Gasteiger partial charge >= 0.3 is 12.1 Å². The van der Waals surface area contributed by atoms with Gasteiger partial charge in [-0.3, -0.25) is 14.8 Å². The summed E-state index contributed by atoms with van der Waals surface area (Å²) < 4.78 is 11.6. The molecule has 2 atom stereocenters. The van der Waals surface area contributed by atoms with Gasteiger partial charge in [0.2, 0.25) is 0 Å². The minimum absolute atomic E-state index is 0.196. The maximum absolute atomic E-state index is 14.1. The predicted molar refractivity (Wildman–Crippen MR) is 181 cm³/mol. The number of hydrogen-bond donors (Lipinski definition) is 2. The number of thioether (sulfide) groups is 2. The van der Waals surface area contributed by atoms with Crippen LogP contribution in [0.5, 0.6) is 0 Å². The van der Waals surface area contributed by atoms with Crippen molar-refractivity contribution in [1.82, 2.24) is 25.3 Å². The fraction of sp³-hybridized carbons (Fsp3) is 0.353. The molecule has 1 saturated heterocycles. The maximum Gasteiger partial charge on any atom is 0.408 e. The summed E-state index contributed by atoms with van der Waals surface area (Å²) in [5.41, 5.74) is 2.93. The summed E-state index contributed by atoms with van der Waals surface area (Å²) in [4.78, 5) is 43.8. The highest BCUT2D eigenvalue weighted by Crippen LogP contribution is 2.42. The second kappa shape index (κ2) is 15.1. The fourth-order valence-corrected chi connectivity index (χ4v) is 7.24. The van der Waals surface area contributed by atoms with Crippen molar-refractivity contribution in [3.63, 3.8) is 0 Å². The minimum atomic E-state index is -0.813. The third-order valence-electron chi connectivity index (χ3n) is 7.26. The summed E-state index contributed by atoms with van der Waals surface area (Å²) in [6.07, 6.45) is 4.24. The average Bonchev–Trinajstić information content (AvgIpc) is 3.54. The van der Waals surface area contributed by atoms with Gasteiger partial charge in [0.25, 0.3) is 5.91 Å². The zero-order chi connectivity index (χ0) is 32.7. The molecule has 0 aliphatic carbocycles. The second-order valence-corrected chi connectivity index (χ2v) is 14.2. The van der Waals surface area contributed by atoms with Crippen LogP contribution in [0.15, 0.2) is 95.8 Å². The molecule has 2 aliphatic rings. The Morgan fingerprint density at radius 2 is 1.83 bits per heavy atom. The lowest BCUT2D eigenvalue weighted by Crippen LogP contribution is -2.70. The molecule has 0 bridgehead atoms. The van der Waals surface area contributed by atoms with Crippen molar-refractivity contribution < 1.29 is 23.9 Å². The van der Waals surface area contributed by atoms with Gasteiger partial charge < -0.3 is 19.7 Å². The zero-order valence-corrected chi connectivity index (χ0v) is 28.0. The maximum atomic E-state index is 14.1. The first-order valence-electron chi connectivity index (χ1n) is 15.0. The van der Waals surface area contributed by atoms with Crippen LogP contribution in [-0.2, 0) is 25.6 Å². The number of amides is 2. The van der Waals surface area contributed by atoms with Gasteiger partial charge in [0.05, 0.1) is 6.20 Å². The van der Waals surface area contributed by atoms with Crippen LogP contribution in [-0.4, -0.2) is 80.1 Å². The van der Waals surface area contributed by atoms with Crippen molar-refractivity contribution in [3.8, 4) is 0 Å². The number of β-lactam (4-membered cyclic amide) rings is 1. The molecule has 2 aromatic carbocycles. The van der Waals surface area contributed by atoms with E-state index >= 15 is 0 Å². The smallest absolute Gasteiger partial charge is 0.408 e. The number of allylic oxidation sites excluding steroid dienone is 1. The van der Waals surface area contributed by atoms with E-state index < -0.39 is 35.2 Å². The average molecular weight is 662 g/mol. The molecule has 0 radical (unpaired) electrons. The number of aromatic amines is 1. The van der Waals surface area contributed by atoms with Crippen LogP contribution in [0.25, 0.3) is 0 Å². The molecule has 2 amide bonds. The number of nitrogens with zero attached hydrogens (tertiary/aromatic N) is 3. The Kier molecular flexibility index (Phi) is 10.9. The zero-order valence-electron chi connectivity index (χ0n) is 26.3. The number of esters is 1. The van der Waals surface area contributed by atoms with E-state index in [4.69, 9.17) is 9.47 Å². The number of fused-ring (bicyclic) bond motifs is 1. The monoisotopic (exact) mass is 661 g/mol. The van der Waals surface area contributed by atoms with E-state index in [1.54, 1.807) is 32.5 Å². The van der Waals surface area contributed by atoms with Crippen molar-refractivity contribution in [2.45, 2.75) is 50.4 Å². The number of hydrogen-bond acceptors (Lipinski definition) is 9. The van der Waals surface area contributed by atoms with Gasteiger partial charge in [-0.2, -0.15) is 5.10 Å². The normalized spacial score (nSPS) is 18.1. The molecule has 5 rings (SSSR count). The molecule has 0 saturated carbocycles. The number of carbonyl (C=O) groups is 3. The Morgan fingerprint density at radius 3 is 2.43 bits per heavy atom. The first kappa shape index (κ1) is 33.4. The summed E-state index contributed by atoms with van der Waals surface area (Å²) >= 11 is 3.11. The van der Waals surface area contributed by atoms with Crippen molar-refractivity contribution >= 4 is 41.5 Å². The molecule has 0 unspecified atom stereocenters. The van der Waals surface area contributed by atoms with Gasteiger partial charge in [0, 0.05) is 36.4 Å². The predicted octanol–water partition coefficient (Wildman–Crippen LogP) is 5.48. The summed E-state index contributed by atoms with van der Waals surface area (Å²) in [6, 6.07) is 18.2. The van der Waals surface area contributed by atoms with Crippen LogP contribution >= 0.6 is 23.5 Å². The SMILES string of the molecule is CN(CCSC=CC1=C(C(=O)OC(c2ccccc2)c2ccccc2)N2C(=O)[C@@H](NC(=O)OC(C)(C)C)[C@H]2SC1)Cc1cn[nH]c1. The van der Waals surface area contributed by atoms with E-state index in [1.807, 2.05) is 84.5 Å². The van der Waals surface area contributed by atoms with E-state index in [0.717, 1.165) is 35.5 Å². The topological polar surface area (TPSA) is 117 Å². The highest BCUT2D eigenvalue weighted by molar-refractivity contribution is 8.02. The first-order valence-corrected chi connectivity index (χ1v) is 17.1. The van der Waals surface area contributed by atoms with E-state index in [0.29, 0.717) is 11.3 Å². The van der Waals surface area contributed by atoms with E-state index in [9.17, 15) is 14.4 Å². The molecule has 1 fully saturated rings. The summed E-state index contributed by atoms with van der Waals surface area (Å²) in [5.74, 6) is 0.314. The Hall–Kier alpha value is -4.00. The lowest BCUT2D eigenvalue weighted by Gasteiger charge is -2.49. The van der Waals surface area contributed by atoms with Gasteiger partial charge in [0.15, 0.2) is 6.10 Å². The van der Waals surface area contributed by atoms with E-state index in [-0.39, 0.29) is 11.6 Å². The van der Waals surface area contributed by atoms with Crippen LogP contribution in [0, 0.1) is 0 Å². The van der Waals surface area contributed by atoms with Crippen LogP contribution in [0.2, 0.25) is 0 Å². The highest BCUT2D eigenvalue weighted by Gasteiger charge is 2.54. The molecular formula is C34H39N5O5S2. The molecular weight excluding hydrogens is 623 g/mol. The lowest BCUT2D eigenvalue weighted by molar-refractivity contribution is -0.153. The standard InChI is InChI=1S/C34H39N5O5S2/c1-34(2,3)44-33(42)37-27-30(40)39-28(32(41)43-29(24-11-7-5-8-12-24)25-13-9-6-10-14-25)26(22-46-31(27)39)15-17-45-18-16-38(4)21-23-19-35-36-20-23/h5-15,17,19-20,27,29,31H,16,18,21-22H2,1-4H3,(H,35,36)(H,37,42)/t27-,31-/m1/s1. The number of benzene rings is 2. The summed E-state index contributed by atoms with van der Waals surface area (Å²) in [5, 5.41) is 11.0. The fourth-order valence-electron chi connectivity index (χ4n) is 5.10. The quantitative estimate of drug-likeness (QED) is 0.148. The second-order valence-electron chi connectivity index (χ2n) is 12.0. The van der Waals surface area contributed by atoms with E-state index in [2.05, 4.69) is 27.5 Å². The van der Waals surface area contributed by atoms with Gasteiger partial charge in [-0.1, -0.05) is 60.7 Å². The largest absolute Gasteiger partial charge is 0.448 e. The number of rotatable bonds is 12. The van der Waals surface area contributed by atoms with Gasteiger partial charge in [-0.25, -0.2) is 9.59 Å². The van der Waals surface area contributed by atoms with Gasteiger partial charge in [0.1, 0.15) is 22.7 Å². The highest BCUT2D eigenvalue weighted by atomic mass is 32.2. The first-order chi connectivity index (χ1) is 22.1. The number of H-pyrrole nitrogens is 1. The molecule has 12 heteroatoms. The Morgan fingerprint density at radius 1 is 1.15 bits per heavy atom. The van der Waals surface area contributed by atoms with Crippen molar-refractivity contribution in [1.29, 1.82) is 0 Å². The van der Waals surface area contributed by atoms with Gasteiger partial charge in [-0.15, -0.1) is 23.5 Å². The number of nitrogens with one attached hydrogen (secondary N) is 2. The van der Waals surface area contributed by atoms with Crippen molar-refractivity contribution in [2.75, 3.05) is 25.1 Å². The Labute approximate surface area is 278 Å². The van der Waals surface area contributed by atoms with Crippen molar-refractivity contribution in [2.24, 2.45) is 0 Å². The number of aromatic nitrogens is 2. The minimum Gasteiger partial charge on any atom is -0.448 e. The molecule has 2 aliphatic heterocycles. The molecule has 2 N–H and O–H groups in total. The molecule has 3 aromatic rings. The van der Waals surface area contributed by atoms with E-state index in [1.165, 1.54) is 16.7 Å². The molecule has 1 aromatic heterocycles. The molecule has 3 heterocycles. The number of ether oxygens (including phenoxy) is 2. The molecule has 242 valence electrons. The Balaban J connectivity index is 1.35.